The monoisotopic (exact) mass is 290 g/mol. The molecule has 0 aromatic carbocycles. The topological polar surface area (TPSA) is 41.1 Å². The summed E-state index contributed by atoms with van der Waals surface area (Å²) in [7, 11) is 0. The summed E-state index contributed by atoms with van der Waals surface area (Å²) in [6.07, 6.45) is -1.32. The Labute approximate surface area is 117 Å². The van der Waals surface area contributed by atoms with E-state index in [9.17, 15) is 13.2 Å². The summed E-state index contributed by atoms with van der Waals surface area (Å²) in [5, 5.41) is 3.19. The quantitative estimate of drug-likeness (QED) is 0.838. The van der Waals surface area contributed by atoms with Gasteiger partial charge in [-0.15, -0.1) is 0 Å². The molecule has 1 heterocycles. The van der Waals surface area contributed by atoms with Crippen LogP contribution in [-0.2, 0) is 6.54 Å². The van der Waals surface area contributed by atoms with E-state index in [0.717, 1.165) is 6.54 Å². The lowest BCUT2D eigenvalue weighted by molar-refractivity contribution is -0.119. The van der Waals surface area contributed by atoms with Gasteiger partial charge in [0.2, 0.25) is 0 Å². The Hall–Kier alpha value is -1.37. The average Bonchev–Trinajstić information content (AvgIpc) is 2.35. The molecule has 0 aliphatic carbocycles. The summed E-state index contributed by atoms with van der Waals surface area (Å²) in [4.78, 5) is 9.36. The van der Waals surface area contributed by atoms with Crippen LogP contribution in [0.25, 0.3) is 0 Å². The molecular weight excluding hydrogens is 269 g/mol. The number of alkyl halides is 3. The normalized spacial score (nSPS) is 11.9. The van der Waals surface area contributed by atoms with E-state index in [0.29, 0.717) is 18.2 Å². The Morgan fingerprint density at radius 2 is 2.00 bits per heavy atom. The van der Waals surface area contributed by atoms with Crippen LogP contribution in [0.1, 0.15) is 26.5 Å². The smallest absolute Gasteiger partial charge is 0.347 e. The van der Waals surface area contributed by atoms with E-state index in [1.54, 1.807) is 13.1 Å². The predicted octanol–water partition coefficient (Wildman–Crippen LogP) is 2.61. The van der Waals surface area contributed by atoms with Crippen LogP contribution < -0.4 is 10.2 Å². The third-order valence-corrected chi connectivity index (χ3v) is 2.61. The molecule has 0 aliphatic rings. The van der Waals surface area contributed by atoms with E-state index >= 15 is 0 Å². The minimum absolute atomic E-state index is 0.233. The number of anilines is 1. The summed E-state index contributed by atoms with van der Waals surface area (Å²) in [6, 6.07) is 0. The predicted molar refractivity (Wildman–Crippen MR) is 72.5 cm³/mol. The number of hydrogen-bond donors (Lipinski definition) is 1. The number of halogens is 3. The summed E-state index contributed by atoms with van der Waals surface area (Å²) < 4.78 is 37.4. The molecule has 0 amide bonds. The summed E-state index contributed by atoms with van der Waals surface area (Å²) >= 11 is 0. The molecule has 1 N–H and O–H groups in total. The van der Waals surface area contributed by atoms with Gasteiger partial charge in [-0.2, -0.15) is 13.2 Å². The van der Waals surface area contributed by atoms with Crippen molar-refractivity contribution in [3.8, 4) is 0 Å². The molecule has 114 valence electrons. The molecule has 1 aromatic rings. The second-order valence-electron chi connectivity index (χ2n) is 5.02. The fraction of sp³-hybridized carbons (Fsp3) is 0.692. The molecule has 0 saturated heterocycles. The van der Waals surface area contributed by atoms with Gasteiger partial charge in [-0.25, -0.2) is 4.98 Å². The number of rotatable bonds is 7. The molecule has 0 bridgehead atoms. The van der Waals surface area contributed by atoms with Crippen LogP contribution >= 0.6 is 0 Å². The van der Waals surface area contributed by atoms with Crippen molar-refractivity contribution in [1.82, 2.24) is 15.3 Å². The van der Waals surface area contributed by atoms with Crippen LogP contribution in [0.2, 0.25) is 0 Å². The van der Waals surface area contributed by atoms with Crippen LogP contribution in [0.4, 0.5) is 19.0 Å². The molecule has 7 heteroatoms. The lowest BCUT2D eigenvalue weighted by Crippen LogP contribution is -2.35. The van der Waals surface area contributed by atoms with E-state index in [1.807, 2.05) is 0 Å². The Kier molecular flexibility index (Phi) is 6.19. The Balaban J connectivity index is 2.70. The van der Waals surface area contributed by atoms with Crippen LogP contribution in [0.5, 0.6) is 0 Å². The second kappa shape index (κ2) is 7.42. The Bertz CT molecular complexity index is 407. The first-order valence-corrected chi connectivity index (χ1v) is 6.65. The maximum atomic E-state index is 12.5. The number of aromatic nitrogens is 2. The van der Waals surface area contributed by atoms with E-state index in [-0.39, 0.29) is 12.4 Å². The molecular formula is C13H21F3N4. The number of nitrogens with one attached hydrogen (secondary N) is 1. The van der Waals surface area contributed by atoms with Crippen molar-refractivity contribution < 1.29 is 13.2 Å². The van der Waals surface area contributed by atoms with Crippen molar-refractivity contribution in [3.05, 3.63) is 18.1 Å². The second-order valence-corrected chi connectivity index (χ2v) is 5.02. The van der Waals surface area contributed by atoms with Crippen molar-refractivity contribution in [2.24, 2.45) is 5.92 Å². The SMILES string of the molecule is CCN(CC(F)(F)F)c1cncc(CNCC(C)C)n1. The molecule has 1 rings (SSSR count). The molecule has 0 saturated carbocycles. The van der Waals surface area contributed by atoms with Crippen molar-refractivity contribution in [2.45, 2.75) is 33.5 Å². The highest BCUT2D eigenvalue weighted by Crippen LogP contribution is 2.20. The molecule has 4 nitrogen and oxygen atoms in total. The zero-order chi connectivity index (χ0) is 15.2. The maximum absolute atomic E-state index is 12.5. The van der Waals surface area contributed by atoms with Crippen molar-refractivity contribution in [2.75, 3.05) is 24.5 Å². The first-order valence-electron chi connectivity index (χ1n) is 6.65. The highest BCUT2D eigenvalue weighted by molar-refractivity contribution is 5.36. The van der Waals surface area contributed by atoms with Gasteiger partial charge in [0.25, 0.3) is 0 Å². The summed E-state index contributed by atoms with van der Waals surface area (Å²) in [6.45, 7) is 6.37. The largest absolute Gasteiger partial charge is 0.405 e. The third kappa shape index (κ3) is 6.18. The molecule has 0 atom stereocenters. The minimum Gasteiger partial charge on any atom is -0.347 e. The Morgan fingerprint density at radius 1 is 1.30 bits per heavy atom. The van der Waals surface area contributed by atoms with Gasteiger partial charge in [0.15, 0.2) is 0 Å². The molecule has 20 heavy (non-hydrogen) atoms. The molecule has 0 unspecified atom stereocenters. The standard InChI is InChI=1S/C13H21F3N4/c1-4-20(9-13(14,15)16)12-8-18-7-11(19-12)6-17-5-10(2)3/h7-8,10,17H,4-6,9H2,1-3H3. The first-order chi connectivity index (χ1) is 9.31. The van der Waals surface area contributed by atoms with Gasteiger partial charge in [-0.1, -0.05) is 13.8 Å². The zero-order valence-corrected chi connectivity index (χ0v) is 12.0. The number of nitrogens with zero attached hydrogens (tertiary/aromatic N) is 3. The van der Waals surface area contributed by atoms with E-state index < -0.39 is 12.7 Å². The molecule has 0 spiro atoms. The average molecular weight is 290 g/mol. The van der Waals surface area contributed by atoms with Gasteiger partial charge >= 0.3 is 6.18 Å². The van der Waals surface area contributed by atoms with E-state index in [4.69, 9.17) is 0 Å². The van der Waals surface area contributed by atoms with Crippen molar-refractivity contribution in [3.63, 3.8) is 0 Å². The van der Waals surface area contributed by atoms with Gasteiger partial charge < -0.3 is 10.2 Å². The Morgan fingerprint density at radius 3 is 2.55 bits per heavy atom. The molecule has 1 aromatic heterocycles. The molecule has 0 radical (unpaired) electrons. The fourth-order valence-electron chi connectivity index (χ4n) is 1.69. The van der Waals surface area contributed by atoms with Crippen LogP contribution in [0, 0.1) is 5.92 Å². The summed E-state index contributed by atoms with van der Waals surface area (Å²) in [5.41, 5.74) is 0.642. The first kappa shape index (κ1) is 16.7. The molecule has 0 fully saturated rings. The molecule has 0 aliphatic heterocycles. The lowest BCUT2D eigenvalue weighted by atomic mass is 10.2. The van der Waals surface area contributed by atoms with Crippen LogP contribution in [0.3, 0.4) is 0 Å². The van der Waals surface area contributed by atoms with Gasteiger partial charge in [-0.3, -0.25) is 4.98 Å². The lowest BCUT2D eigenvalue weighted by Gasteiger charge is -2.23. The fourth-order valence-corrected chi connectivity index (χ4v) is 1.69. The minimum atomic E-state index is -4.25. The summed E-state index contributed by atoms with van der Waals surface area (Å²) in [5.74, 6) is 0.761. The van der Waals surface area contributed by atoms with Gasteiger partial charge in [0.1, 0.15) is 12.4 Å². The van der Waals surface area contributed by atoms with Crippen molar-refractivity contribution in [1.29, 1.82) is 0 Å². The van der Waals surface area contributed by atoms with E-state index in [1.165, 1.54) is 11.1 Å². The van der Waals surface area contributed by atoms with Gasteiger partial charge in [0, 0.05) is 19.3 Å². The highest BCUT2D eigenvalue weighted by Gasteiger charge is 2.30. The number of hydrogen-bond acceptors (Lipinski definition) is 4. The van der Waals surface area contributed by atoms with Crippen molar-refractivity contribution >= 4 is 5.82 Å². The van der Waals surface area contributed by atoms with Crippen LogP contribution in [0.15, 0.2) is 12.4 Å². The highest BCUT2D eigenvalue weighted by atomic mass is 19.4. The zero-order valence-electron chi connectivity index (χ0n) is 12.0. The maximum Gasteiger partial charge on any atom is 0.405 e. The van der Waals surface area contributed by atoms with E-state index in [2.05, 4.69) is 29.1 Å². The van der Waals surface area contributed by atoms with Crippen LogP contribution in [-0.4, -0.2) is 35.8 Å². The van der Waals surface area contributed by atoms with Gasteiger partial charge in [0.05, 0.1) is 11.9 Å². The van der Waals surface area contributed by atoms with Gasteiger partial charge in [-0.05, 0) is 19.4 Å². The third-order valence-electron chi connectivity index (χ3n) is 2.61.